The second kappa shape index (κ2) is 7.86. The standard InChI is InChI=1S/C16H12Cl2N4O3S/c1-2-19-16-21(20-8-11-4-6-15(25-11)22(23)24)14(9-26-16)12-5-3-10(17)7-13(12)18/h3-9H,2H2,1H3/b19-16?,20-8-. The Balaban J connectivity index is 2.07. The minimum absolute atomic E-state index is 0.256. The lowest BCUT2D eigenvalue weighted by Gasteiger charge is -2.05. The Labute approximate surface area is 162 Å². The van der Waals surface area contributed by atoms with Gasteiger partial charge in [0.25, 0.3) is 0 Å². The molecular formula is C16H12Cl2N4O3S. The lowest BCUT2D eigenvalue weighted by molar-refractivity contribution is -0.402. The van der Waals surface area contributed by atoms with Gasteiger partial charge in [0.1, 0.15) is 4.92 Å². The second-order valence-electron chi connectivity index (χ2n) is 4.99. The van der Waals surface area contributed by atoms with Crippen LogP contribution in [0.3, 0.4) is 0 Å². The predicted molar refractivity (Wildman–Crippen MR) is 102 cm³/mol. The molecule has 0 atom stereocenters. The van der Waals surface area contributed by atoms with E-state index in [1.165, 1.54) is 29.7 Å². The molecular weight excluding hydrogens is 399 g/mol. The van der Waals surface area contributed by atoms with Gasteiger partial charge in [-0.25, -0.2) is 4.68 Å². The van der Waals surface area contributed by atoms with Crippen molar-refractivity contribution in [3.63, 3.8) is 0 Å². The van der Waals surface area contributed by atoms with Crippen LogP contribution in [0.2, 0.25) is 10.0 Å². The van der Waals surface area contributed by atoms with E-state index >= 15 is 0 Å². The third-order valence-corrected chi connectivity index (χ3v) is 4.68. The molecule has 0 unspecified atom stereocenters. The van der Waals surface area contributed by atoms with Crippen LogP contribution in [0.5, 0.6) is 0 Å². The molecule has 0 bridgehead atoms. The van der Waals surface area contributed by atoms with Crippen LogP contribution in [0.15, 0.2) is 50.2 Å². The number of hydrogen-bond acceptors (Lipinski definition) is 6. The molecule has 0 amide bonds. The van der Waals surface area contributed by atoms with Crippen LogP contribution in [0.4, 0.5) is 5.88 Å². The Morgan fingerprint density at radius 1 is 1.35 bits per heavy atom. The fourth-order valence-electron chi connectivity index (χ4n) is 2.16. The minimum atomic E-state index is -0.605. The molecule has 2 heterocycles. The van der Waals surface area contributed by atoms with Gasteiger partial charge < -0.3 is 4.42 Å². The van der Waals surface area contributed by atoms with E-state index in [1.807, 2.05) is 12.3 Å². The summed E-state index contributed by atoms with van der Waals surface area (Å²) in [4.78, 5) is 15.2. The maximum absolute atomic E-state index is 10.7. The van der Waals surface area contributed by atoms with E-state index in [-0.39, 0.29) is 11.6 Å². The van der Waals surface area contributed by atoms with Crippen LogP contribution in [0.1, 0.15) is 12.7 Å². The second-order valence-corrected chi connectivity index (χ2v) is 6.67. The van der Waals surface area contributed by atoms with Crippen LogP contribution in [0, 0.1) is 10.1 Å². The summed E-state index contributed by atoms with van der Waals surface area (Å²) >= 11 is 13.7. The molecule has 134 valence electrons. The van der Waals surface area contributed by atoms with Gasteiger partial charge in [-0.3, -0.25) is 15.1 Å². The van der Waals surface area contributed by atoms with E-state index in [4.69, 9.17) is 27.6 Å². The fourth-order valence-corrected chi connectivity index (χ4v) is 3.56. The lowest BCUT2D eigenvalue weighted by Crippen LogP contribution is -2.12. The third-order valence-electron chi connectivity index (χ3n) is 3.28. The monoisotopic (exact) mass is 410 g/mol. The molecule has 7 nitrogen and oxygen atoms in total. The van der Waals surface area contributed by atoms with E-state index in [1.54, 1.807) is 22.9 Å². The van der Waals surface area contributed by atoms with E-state index in [2.05, 4.69) is 10.1 Å². The van der Waals surface area contributed by atoms with Gasteiger partial charge >= 0.3 is 5.88 Å². The molecule has 2 aromatic heterocycles. The molecule has 0 N–H and O–H groups in total. The largest absolute Gasteiger partial charge is 0.433 e. The molecule has 0 aliphatic heterocycles. The highest BCUT2D eigenvalue weighted by molar-refractivity contribution is 7.07. The number of furan rings is 1. The van der Waals surface area contributed by atoms with Gasteiger partial charge in [-0.05, 0) is 31.2 Å². The van der Waals surface area contributed by atoms with E-state index in [0.717, 1.165) is 11.3 Å². The number of aromatic nitrogens is 1. The molecule has 0 fully saturated rings. The Hall–Kier alpha value is -2.42. The Bertz CT molecular complexity index is 1050. The molecule has 26 heavy (non-hydrogen) atoms. The maximum atomic E-state index is 10.7. The summed E-state index contributed by atoms with van der Waals surface area (Å²) in [6, 6.07) is 7.93. The SMILES string of the molecule is CCN=c1scc(-c2ccc(Cl)cc2Cl)n1/N=C\c1ccc([N+](=O)[O-])o1. The minimum Gasteiger partial charge on any atom is -0.400 e. The Kier molecular flexibility index (Phi) is 5.55. The third kappa shape index (κ3) is 3.87. The van der Waals surface area contributed by atoms with E-state index in [0.29, 0.717) is 21.4 Å². The van der Waals surface area contributed by atoms with Crippen LogP contribution in [0.25, 0.3) is 11.3 Å². The van der Waals surface area contributed by atoms with Gasteiger partial charge in [0.15, 0.2) is 5.76 Å². The van der Waals surface area contributed by atoms with Crippen molar-refractivity contribution in [2.24, 2.45) is 10.1 Å². The first-order valence-electron chi connectivity index (χ1n) is 7.44. The van der Waals surface area contributed by atoms with Gasteiger partial charge in [-0.15, -0.1) is 11.3 Å². The average Bonchev–Trinajstić information content (AvgIpc) is 3.21. The number of halogens is 2. The molecule has 10 heteroatoms. The van der Waals surface area contributed by atoms with Crippen molar-refractivity contribution in [2.75, 3.05) is 6.54 Å². The molecule has 3 aromatic rings. The van der Waals surface area contributed by atoms with Crippen molar-refractivity contribution >= 4 is 46.6 Å². The smallest absolute Gasteiger partial charge is 0.400 e. The predicted octanol–water partition coefficient (Wildman–Crippen LogP) is 4.83. The first-order chi connectivity index (χ1) is 12.5. The van der Waals surface area contributed by atoms with Crippen molar-refractivity contribution in [3.8, 4) is 11.3 Å². The zero-order chi connectivity index (χ0) is 18.7. The first kappa shape index (κ1) is 18.4. The van der Waals surface area contributed by atoms with Crippen LogP contribution >= 0.6 is 34.5 Å². The van der Waals surface area contributed by atoms with Crippen LogP contribution in [-0.2, 0) is 0 Å². The van der Waals surface area contributed by atoms with Gasteiger partial charge in [0.2, 0.25) is 4.80 Å². The van der Waals surface area contributed by atoms with Crippen molar-refractivity contribution < 1.29 is 9.34 Å². The van der Waals surface area contributed by atoms with Gasteiger partial charge in [-0.2, -0.15) is 5.10 Å². The molecule has 0 radical (unpaired) electrons. The topological polar surface area (TPSA) is 85.9 Å². The number of nitro groups is 1. The zero-order valence-corrected chi connectivity index (χ0v) is 15.8. The molecule has 0 saturated carbocycles. The van der Waals surface area contributed by atoms with Gasteiger partial charge in [0, 0.05) is 22.5 Å². The van der Waals surface area contributed by atoms with Crippen molar-refractivity contribution in [3.05, 3.63) is 66.4 Å². The number of rotatable bonds is 5. The molecule has 0 saturated heterocycles. The summed E-state index contributed by atoms with van der Waals surface area (Å²) in [5.74, 6) is -0.0905. The average molecular weight is 411 g/mol. The Morgan fingerprint density at radius 3 is 2.81 bits per heavy atom. The van der Waals surface area contributed by atoms with Crippen molar-refractivity contribution in [2.45, 2.75) is 6.92 Å². The molecule has 0 aliphatic carbocycles. The first-order valence-corrected chi connectivity index (χ1v) is 9.08. The summed E-state index contributed by atoms with van der Waals surface area (Å²) in [6.45, 7) is 2.49. The number of hydrogen-bond donors (Lipinski definition) is 0. The number of benzene rings is 1. The molecule has 1 aromatic carbocycles. The summed E-state index contributed by atoms with van der Waals surface area (Å²) in [5.41, 5.74) is 1.47. The fraction of sp³-hybridized carbons (Fsp3) is 0.125. The van der Waals surface area contributed by atoms with E-state index < -0.39 is 4.92 Å². The normalized spacial score (nSPS) is 12.2. The molecule has 0 aliphatic rings. The van der Waals surface area contributed by atoms with Crippen molar-refractivity contribution in [1.29, 1.82) is 0 Å². The van der Waals surface area contributed by atoms with E-state index in [9.17, 15) is 10.1 Å². The zero-order valence-electron chi connectivity index (χ0n) is 13.4. The van der Waals surface area contributed by atoms with Gasteiger partial charge in [0.05, 0.1) is 23.0 Å². The highest BCUT2D eigenvalue weighted by atomic mass is 35.5. The Morgan fingerprint density at radius 2 is 2.15 bits per heavy atom. The summed E-state index contributed by atoms with van der Waals surface area (Å²) < 4.78 is 6.70. The highest BCUT2D eigenvalue weighted by Crippen LogP contribution is 2.30. The molecule has 0 spiro atoms. The molecule has 3 rings (SSSR count). The maximum Gasteiger partial charge on any atom is 0.433 e. The summed E-state index contributed by atoms with van der Waals surface area (Å²) in [6.07, 6.45) is 1.39. The highest BCUT2D eigenvalue weighted by Gasteiger charge is 2.13. The van der Waals surface area contributed by atoms with Crippen molar-refractivity contribution in [1.82, 2.24) is 4.68 Å². The summed E-state index contributed by atoms with van der Waals surface area (Å²) in [7, 11) is 0. The lowest BCUT2D eigenvalue weighted by atomic mass is 10.2. The quantitative estimate of drug-likeness (QED) is 0.342. The summed E-state index contributed by atoms with van der Waals surface area (Å²) in [5, 5.41) is 18.0. The number of thiazole rings is 1. The van der Waals surface area contributed by atoms with Crippen LogP contribution < -0.4 is 4.80 Å². The number of nitrogens with zero attached hydrogens (tertiary/aromatic N) is 4. The van der Waals surface area contributed by atoms with Gasteiger partial charge in [-0.1, -0.05) is 23.2 Å². The van der Waals surface area contributed by atoms with Crippen LogP contribution in [-0.4, -0.2) is 22.4 Å².